The molecule has 1 saturated heterocycles. The molecule has 0 radical (unpaired) electrons. The van der Waals surface area contributed by atoms with E-state index in [4.69, 9.17) is 23.2 Å². The van der Waals surface area contributed by atoms with Crippen molar-refractivity contribution in [1.29, 1.82) is 0 Å². The average Bonchev–Trinajstić information content (AvgIpc) is 2.40. The van der Waals surface area contributed by atoms with Crippen molar-refractivity contribution >= 4 is 23.2 Å². The van der Waals surface area contributed by atoms with Gasteiger partial charge in [0.15, 0.2) is 0 Å². The van der Waals surface area contributed by atoms with E-state index in [2.05, 4.69) is 37.1 Å². The zero-order valence-electron chi connectivity index (χ0n) is 12.5. The second-order valence-electron chi connectivity index (χ2n) is 5.78. The highest BCUT2D eigenvalue weighted by Crippen LogP contribution is 2.31. The van der Waals surface area contributed by atoms with Crippen molar-refractivity contribution in [1.82, 2.24) is 10.2 Å². The molecule has 0 aromatic heterocycles. The molecular weight excluding hydrogens is 291 g/mol. The van der Waals surface area contributed by atoms with Crippen LogP contribution in [0, 0.1) is 0 Å². The number of nitrogens with zero attached hydrogens (tertiary/aromatic N) is 1. The van der Waals surface area contributed by atoms with Crippen molar-refractivity contribution in [2.45, 2.75) is 51.7 Å². The molecule has 1 fully saturated rings. The molecule has 20 heavy (non-hydrogen) atoms. The van der Waals surface area contributed by atoms with Crippen LogP contribution in [0.3, 0.4) is 0 Å². The molecule has 0 bridgehead atoms. The van der Waals surface area contributed by atoms with Crippen LogP contribution in [0.5, 0.6) is 0 Å². The summed E-state index contributed by atoms with van der Waals surface area (Å²) in [7, 11) is 0. The normalized spacial score (nSPS) is 25.6. The minimum Gasteiger partial charge on any atom is -0.311 e. The topological polar surface area (TPSA) is 15.3 Å². The molecule has 3 unspecified atom stereocenters. The Morgan fingerprint density at radius 1 is 1.40 bits per heavy atom. The summed E-state index contributed by atoms with van der Waals surface area (Å²) in [5, 5.41) is 5.10. The van der Waals surface area contributed by atoms with Gasteiger partial charge in [0.1, 0.15) is 0 Å². The third-order valence-electron chi connectivity index (χ3n) is 4.25. The van der Waals surface area contributed by atoms with Gasteiger partial charge in [0, 0.05) is 41.3 Å². The maximum absolute atomic E-state index is 6.36. The molecule has 3 atom stereocenters. The molecular formula is C16H24Cl2N2. The van der Waals surface area contributed by atoms with Crippen LogP contribution in [0.25, 0.3) is 0 Å². The van der Waals surface area contributed by atoms with E-state index < -0.39 is 0 Å². The van der Waals surface area contributed by atoms with Crippen molar-refractivity contribution < 1.29 is 0 Å². The maximum Gasteiger partial charge on any atom is 0.0468 e. The Morgan fingerprint density at radius 2 is 2.15 bits per heavy atom. The molecule has 112 valence electrons. The Kier molecular flexibility index (Phi) is 5.74. The SMILES string of the molecule is CCCC1CN(C(C)c2ccc(Cl)cc2Cl)C(C)CN1. The second kappa shape index (κ2) is 7.13. The third kappa shape index (κ3) is 3.67. The predicted octanol–water partition coefficient (Wildman–Crippen LogP) is 4.52. The van der Waals surface area contributed by atoms with E-state index in [9.17, 15) is 0 Å². The minimum atomic E-state index is 0.316. The lowest BCUT2D eigenvalue weighted by Gasteiger charge is -2.42. The first-order valence-electron chi connectivity index (χ1n) is 7.47. The van der Waals surface area contributed by atoms with Crippen LogP contribution in [-0.4, -0.2) is 30.1 Å². The lowest BCUT2D eigenvalue weighted by molar-refractivity contribution is 0.0959. The van der Waals surface area contributed by atoms with Gasteiger partial charge in [-0.1, -0.05) is 42.6 Å². The zero-order chi connectivity index (χ0) is 14.7. The molecule has 0 aliphatic carbocycles. The fourth-order valence-corrected chi connectivity index (χ4v) is 3.62. The molecule has 1 aliphatic heterocycles. The van der Waals surface area contributed by atoms with Crippen LogP contribution in [0.15, 0.2) is 18.2 Å². The van der Waals surface area contributed by atoms with Gasteiger partial charge >= 0.3 is 0 Å². The summed E-state index contributed by atoms with van der Waals surface area (Å²) in [6, 6.07) is 7.24. The van der Waals surface area contributed by atoms with Crippen LogP contribution in [0.4, 0.5) is 0 Å². The Morgan fingerprint density at radius 3 is 2.80 bits per heavy atom. The number of hydrogen-bond donors (Lipinski definition) is 1. The molecule has 0 spiro atoms. The maximum atomic E-state index is 6.36. The van der Waals surface area contributed by atoms with Gasteiger partial charge in [0.2, 0.25) is 0 Å². The monoisotopic (exact) mass is 314 g/mol. The van der Waals surface area contributed by atoms with Crippen molar-refractivity contribution in [2.75, 3.05) is 13.1 Å². The number of rotatable bonds is 4. The molecule has 1 N–H and O–H groups in total. The van der Waals surface area contributed by atoms with Crippen LogP contribution in [0.2, 0.25) is 10.0 Å². The standard InChI is InChI=1S/C16H24Cl2N2/c1-4-5-14-10-20(11(2)9-19-14)12(3)15-7-6-13(17)8-16(15)18/h6-8,11-12,14,19H,4-5,9-10H2,1-3H3. The molecule has 1 aromatic carbocycles. The molecule has 0 saturated carbocycles. The molecule has 0 amide bonds. The van der Waals surface area contributed by atoms with E-state index in [1.54, 1.807) is 0 Å². The highest BCUT2D eigenvalue weighted by molar-refractivity contribution is 6.35. The van der Waals surface area contributed by atoms with Gasteiger partial charge in [-0.15, -0.1) is 0 Å². The number of halogens is 2. The fraction of sp³-hybridized carbons (Fsp3) is 0.625. The molecule has 2 nitrogen and oxygen atoms in total. The first-order valence-corrected chi connectivity index (χ1v) is 8.22. The van der Waals surface area contributed by atoms with Crippen molar-refractivity contribution in [3.05, 3.63) is 33.8 Å². The molecule has 1 aromatic rings. The quantitative estimate of drug-likeness (QED) is 0.879. The van der Waals surface area contributed by atoms with Gasteiger partial charge in [0.05, 0.1) is 0 Å². The second-order valence-corrected chi connectivity index (χ2v) is 6.63. The zero-order valence-corrected chi connectivity index (χ0v) is 14.0. The fourth-order valence-electron chi connectivity index (χ4n) is 3.05. The average molecular weight is 315 g/mol. The van der Waals surface area contributed by atoms with Crippen molar-refractivity contribution in [2.24, 2.45) is 0 Å². The number of nitrogens with one attached hydrogen (secondary N) is 1. The van der Waals surface area contributed by atoms with Gasteiger partial charge in [-0.2, -0.15) is 0 Å². The third-order valence-corrected chi connectivity index (χ3v) is 4.81. The summed E-state index contributed by atoms with van der Waals surface area (Å²) in [4.78, 5) is 2.55. The molecule has 1 heterocycles. The van der Waals surface area contributed by atoms with E-state index in [0.717, 1.165) is 18.1 Å². The molecule has 1 aliphatic rings. The van der Waals surface area contributed by atoms with Gasteiger partial charge in [0.25, 0.3) is 0 Å². The van der Waals surface area contributed by atoms with E-state index in [0.29, 0.717) is 23.1 Å². The smallest absolute Gasteiger partial charge is 0.0468 e. The van der Waals surface area contributed by atoms with Gasteiger partial charge in [-0.05, 0) is 38.0 Å². The van der Waals surface area contributed by atoms with Crippen LogP contribution >= 0.6 is 23.2 Å². The summed E-state index contributed by atoms with van der Waals surface area (Å²) in [5.41, 5.74) is 1.17. The Hall–Kier alpha value is -0.280. The Labute approximate surface area is 132 Å². The van der Waals surface area contributed by atoms with E-state index in [1.165, 1.54) is 18.4 Å². The van der Waals surface area contributed by atoms with E-state index in [-0.39, 0.29) is 0 Å². The first kappa shape index (κ1) is 16.1. The highest BCUT2D eigenvalue weighted by Gasteiger charge is 2.29. The van der Waals surface area contributed by atoms with Crippen molar-refractivity contribution in [3.8, 4) is 0 Å². The summed E-state index contributed by atoms with van der Waals surface area (Å²) in [6.07, 6.45) is 2.44. The number of piperazine rings is 1. The Bertz CT molecular complexity index is 450. The van der Waals surface area contributed by atoms with Crippen LogP contribution in [0.1, 0.15) is 45.2 Å². The van der Waals surface area contributed by atoms with E-state index in [1.807, 2.05) is 12.1 Å². The summed E-state index contributed by atoms with van der Waals surface area (Å²) >= 11 is 12.4. The van der Waals surface area contributed by atoms with Gasteiger partial charge in [-0.25, -0.2) is 0 Å². The van der Waals surface area contributed by atoms with Gasteiger partial charge < -0.3 is 5.32 Å². The number of benzene rings is 1. The summed E-state index contributed by atoms with van der Waals surface area (Å²) in [6.45, 7) is 8.87. The predicted molar refractivity (Wildman–Crippen MR) is 87.7 cm³/mol. The largest absolute Gasteiger partial charge is 0.311 e. The molecule has 2 rings (SSSR count). The minimum absolute atomic E-state index is 0.316. The lowest BCUT2D eigenvalue weighted by Crippen LogP contribution is -2.55. The van der Waals surface area contributed by atoms with Crippen molar-refractivity contribution in [3.63, 3.8) is 0 Å². The van der Waals surface area contributed by atoms with Gasteiger partial charge in [-0.3, -0.25) is 4.90 Å². The summed E-state index contributed by atoms with van der Waals surface area (Å²) < 4.78 is 0. The molecule has 4 heteroatoms. The van der Waals surface area contributed by atoms with Crippen LogP contribution in [-0.2, 0) is 0 Å². The van der Waals surface area contributed by atoms with Crippen LogP contribution < -0.4 is 5.32 Å². The highest BCUT2D eigenvalue weighted by atomic mass is 35.5. The summed E-state index contributed by atoms with van der Waals surface area (Å²) in [5.74, 6) is 0. The first-order chi connectivity index (χ1) is 9.52. The van der Waals surface area contributed by atoms with E-state index >= 15 is 0 Å². The lowest BCUT2D eigenvalue weighted by atomic mass is 10.00. The Balaban J connectivity index is 2.15. The number of hydrogen-bond acceptors (Lipinski definition) is 2.